The summed E-state index contributed by atoms with van der Waals surface area (Å²) in [6.07, 6.45) is 13.8. The smallest absolute Gasteiger partial charge is 0.0683 e. The number of thiophene rings is 1. The molecule has 3 aliphatic rings. The maximum Gasteiger partial charge on any atom is -0.0683 e. The number of amides is 1. The van der Waals surface area contributed by atoms with E-state index in [1.807, 2.05) is 64.0 Å². The Morgan fingerprint density at radius 1 is 1.19 bits per heavy atom. The number of carbonyl (C=O) groups is 1. The molecule has 6 heterocycles. The van der Waals surface area contributed by atoms with Crippen LogP contribution in [0.5, 0.6) is 5.75 Å². The normalized spacial score (nSPS) is 18.1. The molecule has 1 aromatic carbocycles. The number of benzene rings is 1. The van der Waals surface area contributed by atoms with Crippen molar-refractivity contribution in [3.63, 3.8) is 0 Å². The number of aromatic nitrogens is 3. The van der Waals surface area contributed by atoms with Gasteiger partial charge in [-0.05, 0) is 6.08 Å². The SMILES string of the molecule is C=CC(=O)N1CCN2[N]=[Pb]([S]C3c4nc(/C=C/c5cn(C)nc5/C=C/OC/C=C/CO)c5ccsc5c4-c4c(F)cc(F)cc4OC[C@H]3C)[CH]=C2C1.CC. The molecule has 7 rings (SSSR count). The van der Waals surface area contributed by atoms with Crippen molar-refractivity contribution >= 4 is 74.9 Å². The van der Waals surface area contributed by atoms with Crippen LogP contribution in [-0.4, -0.2) is 96.2 Å². The molecule has 1 unspecified atom stereocenters. The molecule has 1 N–H and O–H groups in total. The first-order chi connectivity index (χ1) is 26.2. The Bertz CT molecular complexity index is 2200. The maximum atomic E-state index is 16.0. The number of carbonyl (C=O) groups excluding carboxylic acids is 1. The molecule has 0 bridgehead atoms. The minimum absolute atomic E-state index is 0.0452. The molecule has 1 saturated heterocycles. The van der Waals surface area contributed by atoms with Gasteiger partial charge in [0.15, 0.2) is 0 Å². The second-order valence-electron chi connectivity index (χ2n) is 12.4. The van der Waals surface area contributed by atoms with E-state index in [-0.39, 0.29) is 41.6 Å². The molecule has 15 heteroatoms. The Morgan fingerprint density at radius 3 is 2.81 bits per heavy atom. The van der Waals surface area contributed by atoms with Gasteiger partial charge in [0.05, 0.1) is 6.61 Å². The van der Waals surface area contributed by atoms with E-state index in [1.54, 1.807) is 34.1 Å². The number of rotatable bonds is 10. The van der Waals surface area contributed by atoms with Gasteiger partial charge in [0, 0.05) is 0 Å². The molecule has 0 aliphatic carbocycles. The number of ether oxygens (including phenoxy) is 2. The first-order valence-electron chi connectivity index (χ1n) is 17.7. The number of pyridine rings is 1. The Kier molecular flexibility index (Phi) is 13.3. The fourth-order valence-electron chi connectivity index (χ4n) is 6.36. The molecule has 0 saturated carbocycles. The number of nitrogens with zero attached hydrogens (tertiary/aromatic N) is 6. The van der Waals surface area contributed by atoms with Gasteiger partial charge < -0.3 is 5.11 Å². The number of fused-ring (bicyclic) bond motifs is 6. The van der Waals surface area contributed by atoms with Gasteiger partial charge in [-0.15, -0.1) is 0 Å². The standard InChI is InChI=1S/C29H27F2N3O3S2.C8H10N3O.C2H6.Pb/c1-17-16-37-24-14-19(30)13-21(31)25(24)26-27(28(17)38)32-23(20-8-12-39-29(20)26)6-5-18-15-34(2)33-22(18)7-11-36-10-4-3-9-35;1-3-8(12)10-4-5-11(9)7(2)6-10;1-2;/h3-8,11-15,17,28,35,38H,9-10,16H2,1-2H3;2-3H,1,4-6H2;1-2H3;/q;;;+1/p-1/b4-3+,6-5+,11-7+;;;/t17-,28?;;;/m1.../s1. The zero-order chi connectivity index (χ0) is 38.4. The molecular formula is C39H42F2N6O4PbS2. The van der Waals surface area contributed by atoms with Crippen LogP contribution >= 0.6 is 19.6 Å². The monoisotopic (exact) mass is 968 g/mol. The predicted octanol–water partition coefficient (Wildman–Crippen LogP) is 7.95. The van der Waals surface area contributed by atoms with E-state index < -0.39 is 32.7 Å². The van der Waals surface area contributed by atoms with Crippen LogP contribution in [0.2, 0.25) is 0 Å². The summed E-state index contributed by atoms with van der Waals surface area (Å²) in [4.78, 5) is 19.5. The molecule has 2 atom stereocenters. The summed E-state index contributed by atoms with van der Waals surface area (Å²) >= 11 is -1.42. The summed E-state index contributed by atoms with van der Waals surface area (Å²) in [5, 5.41) is 18.1. The minimum Gasteiger partial charge on any atom is -0.0683 e. The largest absolute Gasteiger partial charge is 0.0683 e. The van der Waals surface area contributed by atoms with E-state index in [4.69, 9.17) is 22.4 Å². The van der Waals surface area contributed by atoms with Crippen LogP contribution < -0.4 is 4.74 Å². The topological polar surface area (TPSA) is 105 Å². The Hall–Kier alpha value is -4.00. The number of piperazine rings is 1. The maximum absolute atomic E-state index is 16.0. The molecule has 282 valence electrons. The Morgan fingerprint density at radius 2 is 2.02 bits per heavy atom. The minimum atomic E-state index is -2.91. The van der Waals surface area contributed by atoms with Crippen LogP contribution in [0, 0.1) is 17.6 Å². The Balaban J connectivity index is 0.00000245. The fraction of sp³-hybridized carbons (Fsp3) is 0.308. The molecule has 54 heavy (non-hydrogen) atoms. The second kappa shape index (κ2) is 18.1. The number of hydrogen-bond acceptors (Lipinski definition) is 10. The molecule has 4 aromatic rings. The molecular weight excluding hydrogens is 926 g/mol. The van der Waals surface area contributed by atoms with Gasteiger partial charge >= 0.3 is 286 Å². The first kappa shape index (κ1) is 39.7. The van der Waals surface area contributed by atoms with Gasteiger partial charge in [-0.25, -0.2) is 0 Å². The average molecular weight is 968 g/mol. The number of hydrogen-bond donors (Lipinski definition) is 1. The van der Waals surface area contributed by atoms with Crippen LogP contribution in [0.25, 0.3) is 39.4 Å². The third-order valence-electron chi connectivity index (χ3n) is 8.83. The molecule has 3 aromatic heterocycles. The van der Waals surface area contributed by atoms with Crippen LogP contribution in [0.1, 0.15) is 48.7 Å². The van der Waals surface area contributed by atoms with Crippen molar-refractivity contribution in [2.45, 2.75) is 26.0 Å². The summed E-state index contributed by atoms with van der Waals surface area (Å²) < 4.78 is 52.3. The molecule has 0 spiro atoms. The third-order valence-corrected chi connectivity index (χ3v) is 22.4. The first-order valence-corrected chi connectivity index (χ1v) is 28.2. The van der Waals surface area contributed by atoms with Gasteiger partial charge in [-0.1, -0.05) is 19.9 Å². The summed E-state index contributed by atoms with van der Waals surface area (Å²) in [7, 11) is 3.66. The molecule has 1 fully saturated rings. The van der Waals surface area contributed by atoms with Crippen LogP contribution in [0.4, 0.5) is 8.78 Å². The molecule has 3 aliphatic heterocycles. The zero-order valence-electron chi connectivity index (χ0n) is 30.5. The number of aryl methyl sites for hydroxylation is 1. The second-order valence-corrected chi connectivity index (χ2v) is 25.0. The fourth-order valence-corrected chi connectivity index (χ4v) is 22.8. The van der Waals surface area contributed by atoms with Gasteiger partial charge in [0.1, 0.15) is 6.61 Å². The van der Waals surface area contributed by atoms with Crippen molar-refractivity contribution in [2.24, 2.45) is 15.8 Å². The summed E-state index contributed by atoms with van der Waals surface area (Å²) in [6.45, 7) is 11.9. The van der Waals surface area contributed by atoms with Crippen molar-refractivity contribution in [1.82, 2.24) is 24.7 Å². The van der Waals surface area contributed by atoms with Gasteiger partial charge in [-0.3, -0.25) is 0 Å². The zero-order valence-corrected chi connectivity index (χ0v) is 36.1. The molecule has 10 nitrogen and oxygen atoms in total. The summed E-state index contributed by atoms with van der Waals surface area (Å²) in [6, 6.07) is 4.13. The van der Waals surface area contributed by atoms with Gasteiger partial charge in [0.2, 0.25) is 0 Å². The molecule has 0 radical (unpaired) electrons. The van der Waals surface area contributed by atoms with Crippen molar-refractivity contribution in [1.29, 1.82) is 0 Å². The number of aliphatic hydroxyl groups excluding tert-OH is 1. The van der Waals surface area contributed by atoms with E-state index in [0.717, 1.165) is 38.8 Å². The van der Waals surface area contributed by atoms with E-state index in [2.05, 4.69) is 22.2 Å². The van der Waals surface area contributed by atoms with Crippen LogP contribution in [-0.2, 0) is 16.6 Å². The van der Waals surface area contributed by atoms with Crippen molar-refractivity contribution in [3.8, 4) is 16.9 Å². The Labute approximate surface area is 328 Å². The van der Waals surface area contributed by atoms with E-state index in [1.165, 1.54) is 23.5 Å². The average Bonchev–Trinajstić information content (AvgIpc) is 3.91. The van der Waals surface area contributed by atoms with Gasteiger partial charge in [-0.2, -0.15) is 0 Å². The van der Waals surface area contributed by atoms with E-state index in [0.29, 0.717) is 37.5 Å². The van der Waals surface area contributed by atoms with Crippen molar-refractivity contribution in [2.75, 3.05) is 39.5 Å². The van der Waals surface area contributed by atoms with E-state index >= 15 is 4.39 Å². The van der Waals surface area contributed by atoms with Gasteiger partial charge in [0.25, 0.3) is 0 Å². The van der Waals surface area contributed by atoms with E-state index in [9.17, 15) is 9.18 Å². The van der Waals surface area contributed by atoms with Crippen molar-refractivity contribution < 1.29 is 28.2 Å². The van der Waals surface area contributed by atoms with Crippen LogP contribution in [0.15, 0.2) is 73.0 Å². The quantitative estimate of drug-likeness (QED) is 0.0562. The molecule has 1 amide bonds. The summed E-state index contributed by atoms with van der Waals surface area (Å²) in [5.74, 6) is -1.40. The van der Waals surface area contributed by atoms with Crippen LogP contribution in [0.3, 0.4) is 0 Å². The van der Waals surface area contributed by atoms with Crippen molar-refractivity contribution in [3.05, 3.63) is 104 Å². The number of aliphatic hydroxyl groups is 1. The predicted molar refractivity (Wildman–Crippen MR) is 214 cm³/mol. The number of halogens is 2. The third kappa shape index (κ3) is 8.61. The summed E-state index contributed by atoms with van der Waals surface area (Å²) in [5.41, 5.74) is 4.85.